The van der Waals surface area contributed by atoms with Gasteiger partial charge >= 0.3 is 5.97 Å². The highest BCUT2D eigenvalue weighted by Gasteiger charge is 2.46. The average Bonchev–Trinajstić information content (AvgIpc) is 3.01. The van der Waals surface area contributed by atoms with Crippen LogP contribution in [0.1, 0.15) is 29.4 Å². The number of carbonyl (C=O) groups excluding carboxylic acids is 2. The quantitative estimate of drug-likeness (QED) is 0.633. The zero-order valence-corrected chi connectivity index (χ0v) is 15.4. The number of fused-ring (bicyclic) bond motifs is 5. The third-order valence-electron chi connectivity index (χ3n) is 6.08. The van der Waals surface area contributed by atoms with E-state index in [0.29, 0.717) is 18.5 Å². The molecule has 0 spiro atoms. The van der Waals surface area contributed by atoms with Crippen LogP contribution in [-0.4, -0.2) is 48.4 Å². The fourth-order valence-electron chi connectivity index (χ4n) is 4.76. The van der Waals surface area contributed by atoms with Crippen LogP contribution in [0.5, 0.6) is 0 Å². The first-order valence-electron chi connectivity index (χ1n) is 9.11. The number of ketones is 1. The SMILES string of the molecule is C/C=C1/CN(C)[C@@H]2Cc3c([nH]c4ccccc34)C(=O)C[C@@H]1[C@@H]2C(=O)OC. The Kier molecular flexibility index (Phi) is 4.19. The van der Waals surface area contributed by atoms with Gasteiger partial charge in [-0.15, -0.1) is 0 Å². The van der Waals surface area contributed by atoms with Crippen LogP contribution in [0.2, 0.25) is 0 Å². The lowest BCUT2D eigenvalue weighted by Crippen LogP contribution is -2.54. The summed E-state index contributed by atoms with van der Waals surface area (Å²) >= 11 is 0. The number of ether oxygens (including phenoxy) is 1. The van der Waals surface area contributed by atoms with E-state index >= 15 is 0 Å². The molecule has 2 aliphatic rings. The van der Waals surface area contributed by atoms with Crippen LogP contribution in [0.15, 0.2) is 35.9 Å². The van der Waals surface area contributed by atoms with Crippen LogP contribution >= 0.6 is 0 Å². The van der Waals surface area contributed by atoms with Crippen LogP contribution in [0.3, 0.4) is 0 Å². The molecule has 1 saturated heterocycles. The summed E-state index contributed by atoms with van der Waals surface area (Å²) in [5.41, 5.74) is 3.85. The number of benzene rings is 1. The Morgan fingerprint density at radius 2 is 2.08 bits per heavy atom. The minimum absolute atomic E-state index is 0.0159. The van der Waals surface area contributed by atoms with Gasteiger partial charge in [0.25, 0.3) is 0 Å². The van der Waals surface area contributed by atoms with Gasteiger partial charge in [0.2, 0.25) is 0 Å². The zero-order chi connectivity index (χ0) is 18.4. The number of piperidine rings is 1. The number of para-hydroxylation sites is 1. The third-order valence-corrected chi connectivity index (χ3v) is 6.08. The summed E-state index contributed by atoms with van der Waals surface area (Å²) in [5, 5.41) is 1.07. The lowest BCUT2D eigenvalue weighted by molar-refractivity contribution is -0.150. The maximum Gasteiger partial charge on any atom is 0.310 e. The molecule has 0 saturated carbocycles. The number of H-pyrrole nitrogens is 1. The molecule has 1 aliphatic heterocycles. The number of hydrogen-bond acceptors (Lipinski definition) is 4. The maximum absolute atomic E-state index is 13.1. The molecule has 1 aromatic heterocycles. The first kappa shape index (κ1) is 17.0. The monoisotopic (exact) mass is 352 g/mol. The third kappa shape index (κ3) is 2.50. The first-order valence-corrected chi connectivity index (χ1v) is 9.11. The van der Waals surface area contributed by atoms with Crippen LogP contribution in [0, 0.1) is 11.8 Å². The van der Waals surface area contributed by atoms with Crippen LogP contribution in [-0.2, 0) is 16.0 Å². The molecule has 0 radical (unpaired) electrons. The molecule has 2 aromatic rings. The fraction of sp³-hybridized carbons (Fsp3) is 0.429. The second-order valence-corrected chi connectivity index (χ2v) is 7.36. The molecular weight excluding hydrogens is 328 g/mol. The Morgan fingerprint density at radius 3 is 2.81 bits per heavy atom. The van der Waals surface area contributed by atoms with Gasteiger partial charge in [-0.05, 0) is 32.0 Å². The lowest BCUT2D eigenvalue weighted by atomic mass is 9.70. The Labute approximate surface area is 153 Å². The molecule has 136 valence electrons. The number of hydrogen-bond donors (Lipinski definition) is 1. The molecule has 4 rings (SSSR count). The number of nitrogens with one attached hydrogen (secondary N) is 1. The largest absolute Gasteiger partial charge is 0.469 e. The minimum Gasteiger partial charge on any atom is -0.469 e. The highest BCUT2D eigenvalue weighted by atomic mass is 16.5. The van der Waals surface area contributed by atoms with Gasteiger partial charge < -0.3 is 9.72 Å². The van der Waals surface area contributed by atoms with Crippen molar-refractivity contribution in [3.63, 3.8) is 0 Å². The van der Waals surface area contributed by atoms with Gasteiger partial charge in [-0.1, -0.05) is 29.8 Å². The molecule has 5 heteroatoms. The number of aromatic amines is 1. The van der Waals surface area contributed by atoms with Gasteiger partial charge in [0.05, 0.1) is 18.7 Å². The molecule has 2 heterocycles. The lowest BCUT2D eigenvalue weighted by Gasteiger charge is -2.45. The fourth-order valence-corrected chi connectivity index (χ4v) is 4.76. The number of esters is 1. The van der Waals surface area contributed by atoms with E-state index in [1.807, 2.05) is 37.3 Å². The minimum atomic E-state index is -0.323. The van der Waals surface area contributed by atoms with E-state index < -0.39 is 0 Å². The number of likely N-dealkylation sites (N-methyl/N-ethyl adjacent to an activating group) is 1. The van der Waals surface area contributed by atoms with Crippen molar-refractivity contribution in [2.75, 3.05) is 20.7 Å². The predicted octanol–water partition coefficient (Wildman–Crippen LogP) is 2.96. The van der Waals surface area contributed by atoms with Gasteiger partial charge in [0, 0.05) is 35.8 Å². The zero-order valence-electron chi connectivity index (χ0n) is 15.4. The summed E-state index contributed by atoms with van der Waals surface area (Å²) < 4.78 is 5.14. The standard InChI is InChI=1S/C21H24N2O3/c1-4-12-11-23(2)17-9-15-13-7-5-6-8-16(13)22-20(15)18(24)10-14(12)19(17)21(25)26-3/h4-8,14,17,19,22H,9-11H2,1-3H3/b12-4-/t14-,17+,19-/m0/s1. The molecule has 2 bridgehead atoms. The second-order valence-electron chi connectivity index (χ2n) is 7.36. The van der Waals surface area contributed by atoms with E-state index in [0.717, 1.165) is 28.6 Å². The average molecular weight is 352 g/mol. The number of methoxy groups -OCH3 is 1. The number of carbonyl (C=O) groups is 2. The Balaban J connectivity index is 1.91. The van der Waals surface area contributed by atoms with Crippen molar-refractivity contribution >= 4 is 22.7 Å². The van der Waals surface area contributed by atoms with Gasteiger partial charge in [-0.25, -0.2) is 0 Å². The Hall–Kier alpha value is -2.40. The molecule has 3 atom stereocenters. The van der Waals surface area contributed by atoms with Crippen molar-refractivity contribution < 1.29 is 14.3 Å². The summed E-state index contributed by atoms with van der Waals surface area (Å²) in [6.07, 6.45) is 3.05. The van der Waals surface area contributed by atoms with Crippen LogP contribution in [0.4, 0.5) is 0 Å². The summed E-state index contributed by atoms with van der Waals surface area (Å²) in [5.74, 6) is -0.559. The summed E-state index contributed by atoms with van der Waals surface area (Å²) in [6.45, 7) is 2.76. The Bertz CT molecular complexity index is 911. The number of likely N-dealkylation sites (tertiary alicyclic amines) is 1. The first-order chi connectivity index (χ1) is 12.5. The predicted molar refractivity (Wildman–Crippen MR) is 100 cm³/mol. The summed E-state index contributed by atoms with van der Waals surface area (Å²) in [7, 11) is 3.49. The van der Waals surface area contributed by atoms with E-state index in [1.54, 1.807) is 0 Å². The number of aromatic nitrogens is 1. The highest BCUT2D eigenvalue weighted by molar-refractivity contribution is 6.03. The number of nitrogens with zero attached hydrogens (tertiary/aromatic N) is 1. The van der Waals surface area contributed by atoms with Gasteiger partial charge in [-0.2, -0.15) is 0 Å². The van der Waals surface area contributed by atoms with Gasteiger partial charge in [0.1, 0.15) is 0 Å². The molecule has 5 nitrogen and oxygen atoms in total. The van der Waals surface area contributed by atoms with Gasteiger partial charge in [-0.3, -0.25) is 14.5 Å². The van der Waals surface area contributed by atoms with Crippen LogP contribution < -0.4 is 0 Å². The number of rotatable bonds is 1. The van der Waals surface area contributed by atoms with Crippen molar-refractivity contribution in [2.45, 2.75) is 25.8 Å². The van der Waals surface area contributed by atoms with E-state index in [-0.39, 0.29) is 29.6 Å². The van der Waals surface area contributed by atoms with Crippen molar-refractivity contribution in [1.82, 2.24) is 9.88 Å². The van der Waals surface area contributed by atoms with Crippen molar-refractivity contribution in [1.29, 1.82) is 0 Å². The summed E-state index contributed by atoms with van der Waals surface area (Å²) in [4.78, 5) is 31.3. The molecule has 1 aliphatic carbocycles. The van der Waals surface area contributed by atoms with Crippen molar-refractivity contribution in [3.05, 3.63) is 47.2 Å². The smallest absolute Gasteiger partial charge is 0.310 e. The number of Topliss-reactive ketones (excluding diaryl/α,β-unsaturated/α-hetero) is 1. The molecular formula is C21H24N2O3. The molecule has 26 heavy (non-hydrogen) atoms. The topological polar surface area (TPSA) is 62.4 Å². The normalized spacial score (nSPS) is 27.9. The maximum atomic E-state index is 13.1. The molecule has 1 aromatic carbocycles. The van der Waals surface area contributed by atoms with Crippen molar-refractivity contribution in [3.8, 4) is 0 Å². The second kappa shape index (κ2) is 6.40. The number of allylic oxidation sites excluding steroid dienone is 1. The molecule has 0 unspecified atom stereocenters. The van der Waals surface area contributed by atoms with Crippen LogP contribution in [0.25, 0.3) is 10.9 Å². The molecule has 1 fully saturated rings. The molecule has 1 N–H and O–H groups in total. The van der Waals surface area contributed by atoms with Crippen molar-refractivity contribution in [2.24, 2.45) is 11.8 Å². The van der Waals surface area contributed by atoms with E-state index in [1.165, 1.54) is 7.11 Å². The highest BCUT2D eigenvalue weighted by Crippen LogP contribution is 2.41. The van der Waals surface area contributed by atoms with E-state index in [2.05, 4.69) is 16.9 Å². The summed E-state index contributed by atoms with van der Waals surface area (Å²) in [6, 6.07) is 8.02. The van der Waals surface area contributed by atoms with E-state index in [4.69, 9.17) is 4.74 Å². The van der Waals surface area contributed by atoms with Gasteiger partial charge in [0.15, 0.2) is 5.78 Å². The Morgan fingerprint density at radius 1 is 1.31 bits per heavy atom. The molecule has 0 amide bonds. The van der Waals surface area contributed by atoms with E-state index in [9.17, 15) is 9.59 Å².